The van der Waals surface area contributed by atoms with Crippen molar-refractivity contribution in [2.45, 2.75) is 38.6 Å². The highest BCUT2D eigenvalue weighted by Gasteiger charge is 2.27. The molecule has 2 aromatic carbocycles. The van der Waals surface area contributed by atoms with Gasteiger partial charge < -0.3 is 19.7 Å². The van der Waals surface area contributed by atoms with Crippen molar-refractivity contribution in [1.29, 1.82) is 0 Å². The van der Waals surface area contributed by atoms with E-state index >= 15 is 0 Å². The van der Waals surface area contributed by atoms with Crippen molar-refractivity contribution < 1.29 is 14.3 Å². The van der Waals surface area contributed by atoms with E-state index in [9.17, 15) is 4.79 Å². The summed E-state index contributed by atoms with van der Waals surface area (Å²) < 4.78 is 10.6. The molecule has 0 aromatic heterocycles. The lowest BCUT2D eigenvalue weighted by atomic mass is 10.00. The van der Waals surface area contributed by atoms with E-state index in [0.717, 1.165) is 32.2 Å². The number of amides is 2. The Morgan fingerprint density at radius 1 is 1.00 bits per heavy atom. The Morgan fingerprint density at radius 2 is 1.74 bits per heavy atom. The number of nitrogens with one attached hydrogen (secondary N) is 1. The van der Waals surface area contributed by atoms with E-state index in [1.807, 2.05) is 11.0 Å². The maximum absolute atomic E-state index is 13.1. The smallest absolute Gasteiger partial charge is 0.322 e. The fourth-order valence-corrected chi connectivity index (χ4v) is 3.60. The first-order valence-corrected chi connectivity index (χ1v) is 9.48. The molecule has 0 spiro atoms. The van der Waals surface area contributed by atoms with Crippen LogP contribution in [0.2, 0.25) is 0 Å². The first-order chi connectivity index (χ1) is 13.1. The summed E-state index contributed by atoms with van der Waals surface area (Å²) >= 11 is 0. The summed E-state index contributed by atoms with van der Waals surface area (Å²) in [5.41, 5.74) is 3.13. The standard InChI is InChI=1S/C22H28N2O3/c1-16-8-10-17(11-9-16)19-7-5-4-6-14-24(19)22(25)23-18-12-13-20(26-2)21(15-18)27-3/h8-13,15,19H,4-7,14H2,1-3H3,(H,23,25). The molecule has 27 heavy (non-hydrogen) atoms. The first kappa shape index (κ1) is 19.1. The van der Waals surface area contributed by atoms with E-state index in [2.05, 4.69) is 36.5 Å². The second kappa shape index (κ2) is 8.80. The van der Waals surface area contributed by atoms with Gasteiger partial charge in [0.15, 0.2) is 11.5 Å². The van der Waals surface area contributed by atoms with Crippen molar-refractivity contribution in [3.8, 4) is 11.5 Å². The van der Waals surface area contributed by atoms with Crippen molar-refractivity contribution in [3.63, 3.8) is 0 Å². The van der Waals surface area contributed by atoms with Gasteiger partial charge in [0.25, 0.3) is 0 Å². The van der Waals surface area contributed by atoms with Crippen LogP contribution in [0, 0.1) is 6.92 Å². The minimum absolute atomic E-state index is 0.0744. The molecule has 144 valence electrons. The molecule has 0 aliphatic carbocycles. The van der Waals surface area contributed by atoms with Crippen LogP contribution in [0.1, 0.15) is 42.9 Å². The van der Waals surface area contributed by atoms with Gasteiger partial charge in [0.2, 0.25) is 0 Å². The van der Waals surface area contributed by atoms with Gasteiger partial charge in [-0.2, -0.15) is 0 Å². The molecule has 1 heterocycles. The van der Waals surface area contributed by atoms with Gasteiger partial charge in [-0.05, 0) is 37.5 Å². The largest absolute Gasteiger partial charge is 0.493 e. The van der Waals surface area contributed by atoms with Gasteiger partial charge >= 0.3 is 6.03 Å². The topological polar surface area (TPSA) is 50.8 Å². The van der Waals surface area contributed by atoms with Crippen LogP contribution in [-0.2, 0) is 0 Å². The summed E-state index contributed by atoms with van der Waals surface area (Å²) in [6.07, 6.45) is 4.31. The zero-order chi connectivity index (χ0) is 19.2. The van der Waals surface area contributed by atoms with Gasteiger partial charge in [-0.1, -0.05) is 42.7 Å². The van der Waals surface area contributed by atoms with Crippen molar-refractivity contribution in [1.82, 2.24) is 4.90 Å². The Balaban J connectivity index is 1.80. The van der Waals surface area contributed by atoms with Gasteiger partial charge in [0, 0.05) is 18.3 Å². The first-order valence-electron chi connectivity index (χ1n) is 9.48. The summed E-state index contributed by atoms with van der Waals surface area (Å²) in [4.78, 5) is 15.0. The maximum Gasteiger partial charge on any atom is 0.322 e. The number of urea groups is 1. The molecule has 0 bridgehead atoms. The number of ether oxygens (including phenoxy) is 2. The molecule has 2 aromatic rings. The molecule has 1 N–H and O–H groups in total. The molecule has 1 atom stereocenters. The summed E-state index contributed by atoms with van der Waals surface area (Å²) in [6, 6.07) is 14.0. The third-order valence-electron chi connectivity index (χ3n) is 5.11. The van der Waals surface area contributed by atoms with Crippen LogP contribution in [0.3, 0.4) is 0 Å². The van der Waals surface area contributed by atoms with E-state index in [1.54, 1.807) is 26.4 Å². The number of nitrogens with zero attached hydrogens (tertiary/aromatic N) is 1. The Bertz CT molecular complexity index is 774. The lowest BCUT2D eigenvalue weighted by Crippen LogP contribution is -2.38. The van der Waals surface area contributed by atoms with Crippen LogP contribution in [-0.4, -0.2) is 31.7 Å². The number of benzene rings is 2. The van der Waals surface area contributed by atoms with E-state index in [1.165, 1.54) is 11.1 Å². The molecular formula is C22H28N2O3. The van der Waals surface area contributed by atoms with E-state index in [0.29, 0.717) is 17.2 Å². The minimum Gasteiger partial charge on any atom is -0.493 e. The Kier molecular flexibility index (Phi) is 6.22. The monoisotopic (exact) mass is 368 g/mol. The molecule has 5 nitrogen and oxygen atoms in total. The molecule has 3 rings (SSSR count). The van der Waals surface area contributed by atoms with Crippen molar-refractivity contribution in [3.05, 3.63) is 53.6 Å². The van der Waals surface area contributed by atoms with E-state index in [4.69, 9.17) is 9.47 Å². The Morgan fingerprint density at radius 3 is 2.44 bits per heavy atom. The lowest BCUT2D eigenvalue weighted by molar-refractivity contribution is 0.189. The van der Waals surface area contributed by atoms with Crippen molar-refractivity contribution in [2.75, 3.05) is 26.1 Å². The lowest BCUT2D eigenvalue weighted by Gasteiger charge is -2.30. The Labute approximate surface area is 161 Å². The molecule has 1 aliphatic heterocycles. The van der Waals surface area contributed by atoms with Crippen LogP contribution in [0.5, 0.6) is 11.5 Å². The predicted octanol–water partition coefficient (Wildman–Crippen LogP) is 5.16. The highest BCUT2D eigenvalue weighted by molar-refractivity contribution is 5.90. The summed E-state index contributed by atoms with van der Waals surface area (Å²) in [5.74, 6) is 1.24. The third kappa shape index (κ3) is 4.54. The molecule has 1 saturated heterocycles. The van der Waals surface area contributed by atoms with E-state index < -0.39 is 0 Å². The molecule has 2 amide bonds. The highest BCUT2D eigenvalue weighted by Crippen LogP contribution is 2.33. The predicted molar refractivity (Wildman–Crippen MR) is 108 cm³/mol. The zero-order valence-electron chi connectivity index (χ0n) is 16.3. The summed E-state index contributed by atoms with van der Waals surface area (Å²) in [5, 5.41) is 3.03. The second-order valence-corrected chi connectivity index (χ2v) is 6.97. The summed E-state index contributed by atoms with van der Waals surface area (Å²) in [6.45, 7) is 2.84. The zero-order valence-corrected chi connectivity index (χ0v) is 16.3. The number of hydrogen-bond donors (Lipinski definition) is 1. The third-order valence-corrected chi connectivity index (χ3v) is 5.11. The van der Waals surface area contributed by atoms with Crippen LogP contribution < -0.4 is 14.8 Å². The highest BCUT2D eigenvalue weighted by atomic mass is 16.5. The van der Waals surface area contributed by atoms with Gasteiger partial charge in [-0.25, -0.2) is 4.79 Å². The van der Waals surface area contributed by atoms with Crippen molar-refractivity contribution >= 4 is 11.7 Å². The molecule has 5 heteroatoms. The van der Waals surface area contributed by atoms with Gasteiger partial charge in [-0.3, -0.25) is 0 Å². The number of rotatable bonds is 4. The number of methoxy groups -OCH3 is 2. The molecule has 0 radical (unpaired) electrons. The van der Waals surface area contributed by atoms with Crippen LogP contribution >= 0.6 is 0 Å². The van der Waals surface area contributed by atoms with Crippen LogP contribution in [0.15, 0.2) is 42.5 Å². The molecule has 1 aliphatic rings. The SMILES string of the molecule is COc1ccc(NC(=O)N2CCCCCC2c2ccc(C)cc2)cc1OC. The number of anilines is 1. The average molecular weight is 368 g/mol. The van der Waals surface area contributed by atoms with Gasteiger partial charge in [0.05, 0.1) is 20.3 Å². The second-order valence-electron chi connectivity index (χ2n) is 6.97. The molecule has 1 unspecified atom stereocenters. The van der Waals surface area contributed by atoms with Gasteiger partial charge in [-0.15, -0.1) is 0 Å². The van der Waals surface area contributed by atoms with Crippen LogP contribution in [0.25, 0.3) is 0 Å². The number of likely N-dealkylation sites (tertiary alicyclic amines) is 1. The quantitative estimate of drug-likeness (QED) is 0.811. The summed E-state index contributed by atoms with van der Waals surface area (Å²) in [7, 11) is 3.19. The number of carbonyl (C=O) groups is 1. The maximum atomic E-state index is 13.1. The number of aryl methyl sites for hydroxylation is 1. The molecule has 1 fully saturated rings. The number of hydrogen-bond acceptors (Lipinski definition) is 3. The minimum atomic E-state index is -0.0744. The molecule has 0 saturated carbocycles. The number of carbonyl (C=O) groups excluding carboxylic acids is 1. The average Bonchev–Trinajstić information content (AvgIpc) is 2.94. The fourth-order valence-electron chi connectivity index (χ4n) is 3.60. The van der Waals surface area contributed by atoms with Crippen LogP contribution in [0.4, 0.5) is 10.5 Å². The van der Waals surface area contributed by atoms with Gasteiger partial charge in [0.1, 0.15) is 0 Å². The molecular weight excluding hydrogens is 340 g/mol. The van der Waals surface area contributed by atoms with Crippen molar-refractivity contribution in [2.24, 2.45) is 0 Å². The normalized spacial score (nSPS) is 17.1. The fraction of sp³-hybridized carbons (Fsp3) is 0.409. The Hall–Kier alpha value is -2.69. The van der Waals surface area contributed by atoms with E-state index in [-0.39, 0.29) is 12.1 Å².